The summed E-state index contributed by atoms with van der Waals surface area (Å²) in [6, 6.07) is 5.22. The quantitative estimate of drug-likeness (QED) is 0.768. The third-order valence-corrected chi connectivity index (χ3v) is 4.14. The predicted octanol–water partition coefficient (Wildman–Crippen LogP) is 4.49. The fraction of sp³-hybridized carbons (Fsp3) is 0.462. The monoisotopic (exact) mass is 290 g/mol. The van der Waals surface area contributed by atoms with Crippen LogP contribution in [0.5, 0.6) is 0 Å². The van der Waals surface area contributed by atoms with Gasteiger partial charge >= 0.3 is 0 Å². The van der Waals surface area contributed by atoms with Crippen molar-refractivity contribution in [3.63, 3.8) is 0 Å². The van der Waals surface area contributed by atoms with Crippen LogP contribution in [0.3, 0.4) is 0 Å². The molecule has 0 aliphatic carbocycles. The molecule has 0 atom stereocenters. The third-order valence-electron chi connectivity index (χ3n) is 2.11. The summed E-state index contributed by atoms with van der Waals surface area (Å²) in [6.45, 7) is 4.29. The molecule has 94 valence electrons. The van der Waals surface area contributed by atoms with Gasteiger partial charge in [-0.05, 0) is 35.4 Å². The van der Waals surface area contributed by atoms with Gasteiger partial charge in [0.25, 0.3) is 0 Å². The molecule has 17 heavy (non-hydrogen) atoms. The molecule has 0 N–H and O–H groups in total. The maximum atomic E-state index is 11.7. The number of carbonyl (C=O) groups is 1. The third kappa shape index (κ3) is 5.80. The van der Waals surface area contributed by atoms with Gasteiger partial charge in [-0.25, -0.2) is 0 Å². The highest BCUT2D eigenvalue weighted by Gasteiger charge is 2.08. The Morgan fingerprint density at radius 2 is 2.06 bits per heavy atom. The second-order valence-electron chi connectivity index (χ2n) is 4.36. The molecule has 4 heteroatoms. The molecule has 0 saturated carbocycles. The van der Waals surface area contributed by atoms with Crippen molar-refractivity contribution in [2.75, 3.05) is 11.5 Å². The summed E-state index contributed by atoms with van der Waals surface area (Å²) in [5.41, 5.74) is 0.814. The summed E-state index contributed by atoms with van der Waals surface area (Å²) >= 11 is 13.6. The zero-order valence-corrected chi connectivity index (χ0v) is 12.3. The van der Waals surface area contributed by atoms with Crippen LogP contribution in [-0.2, 0) is 11.2 Å². The van der Waals surface area contributed by atoms with Crippen LogP contribution in [0.15, 0.2) is 18.2 Å². The fourth-order valence-corrected chi connectivity index (χ4v) is 2.65. The lowest BCUT2D eigenvalue weighted by Crippen LogP contribution is -2.07. The number of carbonyl (C=O) groups excluding carboxylic acids is 1. The Morgan fingerprint density at radius 1 is 1.35 bits per heavy atom. The average molecular weight is 291 g/mol. The fourth-order valence-electron chi connectivity index (χ4n) is 1.35. The number of hydrogen-bond acceptors (Lipinski definition) is 2. The predicted molar refractivity (Wildman–Crippen MR) is 77.3 cm³/mol. The molecule has 0 aliphatic rings. The van der Waals surface area contributed by atoms with E-state index in [2.05, 4.69) is 13.8 Å². The van der Waals surface area contributed by atoms with Gasteiger partial charge in [-0.3, -0.25) is 4.79 Å². The molecule has 0 bridgehead atoms. The second kappa shape index (κ2) is 7.30. The molecule has 0 fully saturated rings. The lowest BCUT2D eigenvalue weighted by atomic mass is 10.1. The Bertz CT molecular complexity index is 391. The molecular formula is C13H16Cl2OS. The average Bonchev–Trinajstić information content (AvgIpc) is 2.23. The van der Waals surface area contributed by atoms with E-state index < -0.39 is 0 Å². The van der Waals surface area contributed by atoms with E-state index in [0.29, 0.717) is 28.1 Å². The van der Waals surface area contributed by atoms with Crippen LogP contribution in [0, 0.1) is 5.92 Å². The molecular weight excluding hydrogens is 275 g/mol. The van der Waals surface area contributed by atoms with E-state index in [1.807, 2.05) is 0 Å². The Labute approximate surface area is 117 Å². The SMILES string of the molecule is CC(C)CSCC(=O)Cc1cc(Cl)ccc1Cl. The number of rotatable bonds is 6. The van der Waals surface area contributed by atoms with E-state index in [-0.39, 0.29) is 5.78 Å². The molecule has 0 aromatic heterocycles. The summed E-state index contributed by atoms with van der Waals surface area (Å²) in [4.78, 5) is 11.7. The molecule has 0 spiro atoms. The van der Waals surface area contributed by atoms with Gasteiger partial charge in [0.05, 0.1) is 5.75 Å². The number of halogens is 2. The van der Waals surface area contributed by atoms with Crippen LogP contribution >= 0.6 is 35.0 Å². The van der Waals surface area contributed by atoms with Gasteiger partial charge in [-0.15, -0.1) is 0 Å². The molecule has 1 aromatic rings. The first-order valence-electron chi connectivity index (χ1n) is 5.52. The number of ketones is 1. The highest BCUT2D eigenvalue weighted by Crippen LogP contribution is 2.21. The highest BCUT2D eigenvalue weighted by atomic mass is 35.5. The van der Waals surface area contributed by atoms with Crippen LogP contribution < -0.4 is 0 Å². The van der Waals surface area contributed by atoms with E-state index >= 15 is 0 Å². The minimum Gasteiger partial charge on any atom is -0.298 e. The zero-order chi connectivity index (χ0) is 12.8. The van der Waals surface area contributed by atoms with E-state index in [4.69, 9.17) is 23.2 Å². The van der Waals surface area contributed by atoms with Crippen molar-refractivity contribution in [2.45, 2.75) is 20.3 Å². The molecule has 0 unspecified atom stereocenters. The number of hydrogen-bond donors (Lipinski definition) is 0. The molecule has 1 aromatic carbocycles. The maximum Gasteiger partial charge on any atom is 0.147 e. The zero-order valence-electron chi connectivity index (χ0n) is 10.0. The van der Waals surface area contributed by atoms with E-state index in [0.717, 1.165) is 11.3 Å². The van der Waals surface area contributed by atoms with Gasteiger partial charge in [0, 0.05) is 16.5 Å². The number of Topliss-reactive ketones (excluding diaryl/α,β-unsaturated/α-hetero) is 1. The smallest absolute Gasteiger partial charge is 0.147 e. The van der Waals surface area contributed by atoms with Crippen molar-refractivity contribution in [3.8, 4) is 0 Å². The highest BCUT2D eigenvalue weighted by molar-refractivity contribution is 7.99. The molecule has 0 radical (unpaired) electrons. The van der Waals surface area contributed by atoms with Crippen LogP contribution in [0.4, 0.5) is 0 Å². The van der Waals surface area contributed by atoms with Crippen LogP contribution in [-0.4, -0.2) is 17.3 Å². The molecule has 1 rings (SSSR count). The van der Waals surface area contributed by atoms with Crippen molar-refractivity contribution in [1.82, 2.24) is 0 Å². The van der Waals surface area contributed by atoms with E-state index in [1.165, 1.54) is 0 Å². The van der Waals surface area contributed by atoms with Crippen molar-refractivity contribution < 1.29 is 4.79 Å². The maximum absolute atomic E-state index is 11.7. The largest absolute Gasteiger partial charge is 0.298 e. The first kappa shape index (κ1) is 14.9. The van der Waals surface area contributed by atoms with Crippen LogP contribution in [0.25, 0.3) is 0 Å². The Morgan fingerprint density at radius 3 is 2.71 bits per heavy atom. The van der Waals surface area contributed by atoms with Crippen LogP contribution in [0.1, 0.15) is 19.4 Å². The van der Waals surface area contributed by atoms with Gasteiger partial charge in [0.2, 0.25) is 0 Å². The molecule has 0 amide bonds. The Balaban J connectivity index is 2.47. The normalized spacial score (nSPS) is 10.9. The van der Waals surface area contributed by atoms with Crippen molar-refractivity contribution in [1.29, 1.82) is 0 Å². The minimum atomic E-state index is 0.194. The van der Waals surface area contributed by atoms with Crippen LogP contribution in [0.2, 0.25) is 10.0 Å². The van der Waals surface area contributed by atoms with Gasteiger partial charge in [-0.1, -0.05) is 37.0 Å². The topological polar surface area (TPSA) is 17.1 Å². The summed E-state index contributed by atoms with van der Waals surface area (Å²) < 4.78 is 0. The Kier molecular flexibility index (Phi) is 6.39. The lowest BCUT2D eigenvalue weighted by Gasteiger charge is -2.06. The summed E-state index contributed by atoms with van der Waals surface area (Å²) in [5, 5.41) is 1.23. The molecule has 0 heterocycles. The van der Waals surface area contributed by atoms with Gasteiger partial charge < -0.3 is 0 Å². The van der Waals surface area contributed by atoms with Gasteiger partial charge in [0.15, 0.2) is 0 Å². The standard InChI is InChI=1S/C13H16Cl2OS/c1-9(2)7-17-8-12(16)6-10-5-11(14)3-4-13(10)15/h3-5,9H,6-8H2,1-2H3. The number of benzene rings is 1. The summed E-state index contributed by atoms with van der Waals surface area (Å²) in [7, 11) is 0. The Hall–Kier alpha value is -0.180. The lowest BCUT2D eigenvalue weighted by molar-refractivity contribution is -0.116. The van der Waals surface area contributed by atoms with Gasteiger partial charge in [0.1, 0.15) is 5.78 Å². The van der Waals surface area contributed by atoms with Crippen molar-refractivity contribution in [3.05, 3.63) is 33.8 Å². The summed E-state index contributed by atoms with van der Waals surface area (Å²) in [6.07, 6.45) is 0.366. The van der Waals surface area contributed by atoms with Crippen molar-refractivity contribution >= 4 is 40.7 Å². The first-order chi connectivity index (χ1) is 7.99. The van der Waals surface area contributed by atoms with Crippen molar-refractivity contribution in [2.24, 2.45) is 5.92 Å². The van der Waals surface area contributed by atoms with Gasteiger partial charge in [-0.2, -0.15) is 11.8 Å². The van der Waals surface area contributed by atoms with E-state index in [9.17, 15) is 4.79 Å². The van der Waals surface area contributed by atoms with E-state index in [1.54, 1.807) is 30.0 Å². The molecule has 1 nitrogen and oxygen atoms in total. The molecule has 0 saturated heterocycles. The minimum absolute atomic E-state index is 0.194. The summed E-state index contributed by atoms with van der Waals surface area (Å²) in [5.74, 6) is 2.36. The first-order valence-corrected chi connectivity index (χ1v) is 7.43. The molecule has 0 aliphatic heterocycles. The number of thioether (sulfide) groups is 1. The second-order valence-corrected chi connectivity index (χ2v) is 6.23.